The Kier molecular flexibility index (Phi) is 4.15. The Morgan fingerprint density at radius 1 is 1.30 bits per heavy atom. The largest absolute Gasteiger partial charge is 0.332 e. The van der Waals surface area contributed by atoms with Gasteiger partial charge in [0.05, 0.1) is 21.7 Å². The first kappa shape index (κ1) is 15.3. The molecule has 0 bridgehead atoms. The number of halogens is 2. The van der Waals surface area contributed by atoms with Gasteiger partial charge in [-0.25, -0.2) is 0 Å². The van der Waals surface area contributed by atoms with Crippen LogP contribution in [0.1, 0.15) is 22.0 Å². The van der Waals surface area contributed by atoms with Crippen LogP contribution >= 0.6 is 23.2 Å². The van der Waals surface area contributed by atoms with Crippen molar-refractivity contribution in [1.29, 1.82) is 5.26 Å². The highest BCUT2D eigenvalue weighted by atomic mass is 35.5. The summed E-state index contributed by atoms with van der Waals surface area (Å²) < 4.78 is 1.61. The minimum absolute atomic E-state index is 0.246. The van der Waals surface area contributed by atoms with Gasteiger partial charge in [-0.05, 0) is 18.2 Å². The summed E-state index contributed by atoms with van der Waals surface area (Å²) in [5.74, 6) is -0.414. The lowest BCUT2D eigenvalue weighted by Crippen LogP contribution is -2.28. The van der Waals surface area contributed by atoms with Crippen LogP contribution in [-0.2, 0) is 0 Å². The number of amides is 1. The Morgan fingerprint density at radius 3 is 2.91 bits per heavy atom. The molecule has 0 aliphatic rings. The van der Waals surface area contributed by atoms with Crippen LogP contribution in [0.5, 0.6) is 0 Å². The maximum absolute atomic E-state index is 12.4. The summed E-state index contributed by atoms with van der Waals surface area (Å²) >= 11 is 12.1. The summed E-state index contributed by atoms with van der Waals surface area (Å²) in [6, 6.07) is 9.30. The highest BCUT2D eigenvalue weighted by Gasteiger charge is 2.19. The predicted octanol–water partition coefficient (Wildman–Crippen LogP) is 3.03. The number of hydrogen-bond acceptors (Lipinski definition) is 4. The molecule has 3 rings (SSSR count). The SMILES string of the molecule is N#CC(NC(=O)c1ccc2nncn2c1)c1cccc(Cl)c1Cl. The number of nitrogens with zero attached hydrogens (tertiary/aromatic N) is 4. The van der Waals surface area contributed by atoms with E-state index in [1.165, 1.54) is 6.33 Å². The Labute approximate surface area is 141 Å². The Hall–Kier alpha value is -2.62. The molecular weight excluding hydrogens is 337 g/mol. The van der Waals surface area contributed by atoms with Crippen molar-refractivity contribution in [2.75, 3.05) is 0 Å². The van der Waals surface area contributed by atoms with Gasteiger partial charge >= 0.3 is 0 Å². The van der Waals surface area contributed by atoms with Gasteiger partial charge in [0.15, 0.2) is 5.65 Å². The Balaban J connectivity index is 1.88. The zero-order valence-electron chi connectivity index (χ0n) is 11.6. The van der Waals surface area contributed by atoms with Gasteiger partial charge in [0.25, 0.3) is 5.91 Å². The van der Waals surface area contributed by atoms with Crippen molar-refractivity contribution in [1.82, 2.24) is 19.9 Å². The summed E-state index contributed by atoms with van der Waals surface area (Å²) in [4.78, 5) is 12.4. The fourth-order valence-corrected chi connectivity index (χ4v) is 2.52. The second-order valence-electron chi connectivity index (χ2n) is 4.69. The summed E-state index contributed by atoms with van der Waals surface area (Å²) in [7, 11) is 0. The van der Waals surface area contributed by atoms with Crippen LogP contribution in [0.2, 0.25) is 10.0 Å². The smallest absolute Gasteiger partial charge is 0.254 e. The molecule has 6 nitrogen and oxygen atoms in total. The number of carbonyl (C=O) groups excluding carboxylic acids is 1. The molecule has 1 aromatic carbocycles. The molecule has 0 fully saturated rings. The number of fused-ring (bicyclic) bond motifs is 1. The Morgan fingerprint density at radius 2 is 2.13 bits per heavy atom. The van der Waals surface area contributed by atoms with Crippen LogP contribution in [0.3, 0.4) is 0 Å². The standard InChI is InChI=1S/C15H9Cl2N5O/c16-11-3-1-2-10(14(11)17)12(6-18)20-15(23)9-4-5-13-21-19-8-22(13)7-9/h1-5,7-8,12H,(H,20,23). The average Bonchev–Trinajstić information content (AvgIpc) is 3.03. The van der Waals surface area contributed by atoms with Gasteiger partial charge in [-0.3, -0.25) is 9.20 Å². The van der Waals surface area contributed by atoms with E-state index in [4.69, 9.17) is 23.2 Å². The van der Waals surface area contributed by atoms with Crippen LogP contribution in [-0.4, -0.2) is 20.5 Å². The van der Waals surface area contributed by atoms with E-state index in [1.54, 1.807) is 40.9 Å². The van der Waals surface area contributed by atoms with Crippen molar-refractivity contribution in [3.8, 4) is 6.07 Å². The summed E-state index contributed by atoms with van der Waals surface area (Å²) in [5, 5.41) is 20.1. The van der Waals surface area contributed by atoms with Crippen molar-refractivity contribution in [2.45, 2.75) is 6.04 Å². The van der Waals surface area contributed by atoms with E-state index in [0.717, 1.165) is 0 Å². The van der Waals surface area contributed by atoms with E-state index in [0.29, 0.717) is 21.8 Å². The molecule has 2 heterocycles. The second-order valence-corrected chi connectivity index (χ2v) is 5.48. The molecule has 1 unspecified atom stereocenters. The number of benzene rings is 1. The fourth-order valence-electron chi connectivity index (χ4n) is 2.10. The van der Waals surface area contributed by atoms with E-state index in [2.05, 4.69) is 15.5 Å². The van der Waals surface area contributed by atoms with Gasteiger partial charge < -0.3 is 5.32 Å². The first-order valence-corrected chi connectivity index (χ1v) is 7.29. The first-order chi connectivity index (χ1) is 11.1. The van der Waals surface area contributed by atoms with E-state index < -0.39 is 11.9 Å². The molecule has 23 heavy (non-hydrogen) atoms. The molecule has 1 amide bonds. The van der Waals surface area contributed by atoms with E-state index in [1.807, 2.05) is 6.07 Å². The van der Waals surface area contributed by atoms with Gasteiger partial charge in [0.1, 0.15) is 12.4 Å². The van der Waals surface area contributed by atoms with Crippen molar-refractivity contribution in [2.24, 2.45) is 0 Å². The number of aromatic nitrogens is 3. The molecule has 0 radical (unpaired) electrons. The second kappa shape index (κ2) is 6.24. The fraction of sp³-hybridized carbons (Fsp3) is 0.0667. The average molecular weight is 346 g/mol. The predicted molar refractivity (Wildman–Crippen MR) is 85.3 cm³/mol. The highest BCUT2D eigenvalue weighted by Crippen LogP contribution is 2.29. The molecular formula is C15H9Cl2N5O. The molecule has 0 saturated heterocycles. The molecule has 114 valence electrons. The first-order valence-electron chi connectivity index (χ1n) is 6.54. The van der Waals surface area contributed by atoms with Gasteiger partial charge in [-0.15, -0.1) is 10.2 Å². The molecule has 2 aromatic heterocycles. The van der Waals surface area contributed by atoms with E-state index >= 15 is 0 Å². The van der Waals surface area contributed by atoms with Crippen molar-refractivity contribution in [3.63, 3.8) is 0 Å². The molecule has 1 atom stereocenters. The molecule has 0 aliphatic heterocycles. The third-order valence-corrected chi connectivity index (χ3v) is 4.08. The number of nitriles is 1. The van der Waals surface area contributed by atoms with Crippen LogP contribution in [0.25, 0.3) is 5.65 Å². The zero-order chi connectivity index (χ0) is 16.4. The van der Waals surface area contributed by atoms with Crippen molar-refractivity contribution >= 4 is 34.8 Å². The number of carbonyl (C=O) groups is 1. The number of pyridine rings is 1. The van der Waals surface area contributed by atoms with Gasteiger partial charge in [0, 0.05) is 11.8 Å². The van der Waals surface area contributed by atoms with Crippen LogP contribution < -0.4 is 5.32 Å². The lowest BCUT2D eigenvalue weighted by Gasteiger charge is -2.14. The third kappa shape index (κ3) is 2.97. The highest BCUT2D eigenvalue weighted by molar-refractivity contribution is 6.42. The van der Waals surface area contributed by atoms with Gasteiger partial charge in [-0.2, -0.15) is 5.26 Å². The third-order valence-electron chi connectivity index (χ3n) is 3.25. The molecule has 1 N–H and O–H groups in total. The van der Waals surface area contributed by atoms with Gasteiger partial charge in [-0.1, -0.05) is 35.3 Å². The summed E-state index contributed by atoms with van der Waals surface area (Å²) in [5.41, 5.74) is 1.44. The number of hydrogen-bond donors (Lipinski definition) is 1. The van der Waals surface area contributed by atoms with E-state index in [-0.39, 0.29) is 5.02 Å². The topological polar surface area (TPSA) is 83.1 Å². The lowest BCUT2D eigenvalue weighted by molar-refractivity contribution is 0.0944. The summed E-state index contributed by atoms with van der Waals surface area (Å²) in [6.45, 7) is 0. The minimum Gasteiger partial charge on any atom is -0.332 e. The maximum Gasteiger partial charge on any atom is 0.254 e. The van der Waals surface area contributed by atoms with Crippen LogP contribution in [0, 0.1) is 11.3 Å². The summed E-state index contributed by atoms with van der Waals surface area (Å²) in [6.07, 6.45) is 3.07. The molecule has 3 aromatic rings. The quantitative estimate of drug-likeness (QED) is 0.790. The molecule has 0 saturated carbocycles. The number of rotatable bonds is 3. The van der Waals surface area contributed by atoms with Gasteiger partial charge in [0.2, 0.25) is 0 Å². The lowest BCUT2D eigenvalue weighted by atomic mass is 10.1. The minimum atomic E-state index is -0.912. The normalized spacial score (nSPS) is 11.9. The monoisotopic (exact) mass is 345 g/mol. The van der Waals surface area contributed by atoms with Crippen LogP contribution in [0.15, 0.2) is 42.9 Å². The Bertz CT molecular complexity index is 931. The van der Waals surface area contributed by atoms with Crippen molar-refractivity contribution < 1.29 is 4.79 Å². The zero-order valence-corrected chi connectivity index (χ0v) is 13.1. The molecule has 8 heteroatoms. The van der Waals surface area contributed by atoms with E-state index in [9.17, 15) is 10.1 Å². The number of nitrogens with one attached hydrogen (secondary N) is 1. The maximum atomic E-state index is 12.4. The molecule has 0 spiro atoms. The molecule has 0 aliphatic carbocycles. The van der Waals surface area contributed by atoms with Crippen molar-refractivity contribution in [3.05, 3.63) is 64.0 Å². The van der Waals surface area contributed by atoms with Crippen LogP contribution in [0.4, 0.5) is 0 Å².